The fourth-order valence-electron chi connectivity index (χ4n) is 4.00. The number of hydrogen-bond donors (Lipinski definition) is 1. The summed E-state index contributed by atoms with van der Waals surface area (Å²) >= 11 is 0. The number of rotatable bonds is 6. The van der Waals surface area contributed by atoms with Crippen LogP contribution in [-0.4, -0.2) is 54.3 Å². The van der Waals surface area contributed by atoms with Gasteiger partial charge in [-0.05, 0) is 48.8 Å². The van der Waals surface area contributed by atoms with Crippen molar-refractivity contribution in [2.24, 2.45) is 11.8 Å². The van der Waals surface area contributed by atoms with E-state index in [2.05, 4.69) is 13.8 Å². The number of nitrogens with zero attached hydrogens (tertiary/aromatic N) is 1. The summed E-state index contributed by atoms with van der Waals surface area (Å²) < 4.78 is 11.3. The van der Waals surface area contributed by atoms with Gasteiger partial charge in [0.1, 0.15) is 5.75 Å². The van der Waals surface area contributed by atoms with E-state index in [1.807, 2.05) is 29.2 Å². The molecule has 2 saturated heterocycles. The number of amides is 1. The van der Waals surface area contributed by atoms with Crippen LogP contribution >= 0.6 is 0 Å². The number of carbonyl (C=O) groups is 2. The highest BCUT2D eigenvalue weighted by Gasteiger charge is 2.40. The van der Waals surface area contributed by atoms with Crippen molar-refractivity contribution in [2.75, 3.05) is 26.3 Å². The number of hydrogen-bond acceptors (Lipinski definition) is 4. The zero-order valence-electron chi connectivity index (χ0n) is 16.1. The van der Waals surface area contributed by atoms with E-state index < -0.39 is 11.9 Å². The average molecular weight is 375 g/mol. The van der Waals surface area contributed by atoms with Gasteiger partial charge in [0.25, 0.3) is 5.91 Å². The van der Waals surface area contributed by atoms with Crippen molar-refractivity contribution in [3.8, 4) is 5.75 Å². The first-order chi connectivity index (χ1) is 13.0. The molecule has 3 rings (SSSR count). The Labute approximate surface area is 160 Å². The molecule has 0 bridgehead atoms. The molecule has 1 amide bonds. The lowest BCUT2D eigenvalue weighted by molar-refractivity contribution is -0.146. The van der Waals surface area contributed by atoms with Gasteiger partial charge in [-0.3, -0.25) is 9.59 Å². The Morgan fingerprint density at radius 1 is 1.19 bits per heavy atom. The molecule has 6 heteroatoms. The molecule has 148 valence electrons. The standard InChI is InChI=1S/C21H29NO5/c1-14(2)15-3-5-17(6-4-15)27-13-19(23)22-10-7-16(8-11-22)20-18(21(24)25)9-12-26-20/h3-6,14,16,18,20H,7-13H2,1-2H3,(H,24,25)/t18?,20-/m0/s1. The predicted molar refractivity (Wildman–Crippen MR) is 101 cm³/mol. The van der Waals surface area contributed by atoms with E-state index in [9.17, 15) is 14.7 Å². The van der Waals surface area contributed by atoms with Gasteiger partial charge in [-0.2, -0.15) is 0 Å². The highest BCUT2D eigenvalue weighted by atomic mass is 16.5. The first-order valence-corrected chi connectivity index (χ1v) is 9.80. The molecule has 1 N–H and O–H groups in total. The summed E-state index contributed by atoms with van der Waals surface area (Å²) in [7, 11) is 0. The summed E-state index contributed by atoms with van der Waals surface area (Å²) in [4.78, 5) is 25.6. The second kappa shape index (κ2) is 8.74. The smallest absolute Gasteiger partial charge is 0.309 e. The number of carboxylic acids is 1. The Kier molecular flexibility index (Phi) is 6.37. The molecule has 1 aromatic rings. The zero-order valence-corrected chi connectivity index (χ0v) is 16.1. The summed E-state index contributed by atoms with van der Waals surface area (Å²) in [5, 5.41) is 9.32. The van der Waals surface area contributed by atoms with Crippen molar-refractivity contribution in [3.63, 3.8) is 0 Å². The van der Waals surface area contributed by atoms with Crippen molar-refractivity contribution in [2.45, 2.75) is 45.1 Å². The van der Waals surface area contributed by atoms with Gasteiger partial charge in [-0.1, -0.05) is 26.0 Å². The molecule has 1 unspecified atom stereocenters. The summed E-state index contributed by atoms with van der Waals surface area (Å²) in [6.45, 7) is 6.08. The SMILES string of the molecule is CC(C)c1ccc(OCC(=O)N2CCC([C@@H]3OCCC3C(=O)O)CC2)cc1. The molecule has 0 spiro atoms. The van der Waals surface area contributed by atoms with Crippen LogP contribution in [0.1, 0.15) is 44.6 Å². The molecule has 0 saturated carbocycles. The molecule has 6 nitrogen and oxygen atoms in total. The Morgan fingerprint density at radius 3 is 2.44 bits per heavy atom. The molecule has 2 fully saturated rings. The van der Waals surface area contributed by atoms with E-state index >= 15 is 0 Å². The topological polar surface area (TPSA) is 76.1 Å². The van der Waals surface area contributed by atoms with Gasteiger partial charge >= 0.3 is 5.97 Å². The normalized spacial score (nSPS) is 23.6. The maximum atomic E-state index is 12.4. The van der Waals surface area contributed by atoms with Crippen molar-refractivity contribution >= 4 is 11.9 Å². The minimum Gasteiger partial charge on any atom is -0.484 e. The van der Waals surface area contributed by atoms with Crippen LogP contribution in [0.15, 0.2) is 24.3 Å². The molecular formula is C21H29NO5. The van der Waals surface area contributed by atoms with Gasteiger partial charge in [0, 0.05) is 19.7 Å². The Bertz CT molecular complexity index is 649. The Hall–Kier alpha value is -2.08. The average Bonchev–Trinajstić information content (AvgIpc) is 3.17. The molecule has 2 aliphatic rings. The van der Waals surface area contributed by atoms with Gasteiger partial charge in [0.15, 0.2) is 6.61 Å². The van der Waals surface area contributed by atoms with Crippen LogP contribution < -0.4 is 4.74 Å². The second-order valence-electron chi connectivity index (χ2n) is 7.80. The van der Waals surface area contributed by atoms with Crippen LogP contribution in [0.3, 0.4) is 0 Å². The van der Waals surface area contributed by atoms with Crippen molar-refractivity contribution in [1.29, 1.82) is 0 Å². The lowest BCUT2D eigenvalue weighted by Gasteiger charge is -2.35. The van der Waals surface area contributed by atoms with Crippen molar-refractivity contribution in [3.05, 3.63) is 29.8 Å². The number of carbonyl (C=O) groups excluding carboxylic acids is 1. The molecule has 27 heavy (non-hydrogen) atoms. The molecule has 1 aromatic carbocycles. The number of likely N-dealkylation sites (tertiary alicyclic amines) is 1. The maximum absolute atomic E-state index is 12.4. The number of benzene rings is 1. The maximum Gasteiger partial charge on any atom is 0.309 e. The van der Waals surface area contributed by atoms with Crippen LogP contribution in [0.2, 0.25) is 0 Å². The van der Waals surface area contributed by atoms with Gasteiger partial charge in [0.2, 0.25) is 0 Å². The van der Waals surface area contributed by atoms with Crippen LogP contribution in [0.5, 0.6) is 5.75 Å². The van der Waals surface area contributed by atoms with Gasteiger partial charge in [-0.25, -0.2) is 0 Å². The van der Waals surface area contributed by atoms with E-state index in [4.69, 9.17) is 9.47 Å². The molecule has 0 radical (unpaired) electrons. The number of piperidine rings is 1. The van der Waals surface area contributed by atoms with E-state index in [0.717, 1.165) is 12.8 Å². The quantitative estimate of drug-likeness (QED) is 0.827. The minimum absolute atomic E-state index is 0.0245. The van der Waals surface area contributed by atoms with Crippen molar-refractivity contribution in [1.82, 2.24) is 4.90 Å². The fourth-order valence-corrected chi connectivity index (χ4v) is 4.00. The van der Waals surface area contributed by atoms with Gasteiger partial charge < -0.3 is 19.5 Å². The van der Waals surface area contributed by atoms with E-state index in [-0.39, 0.29) is 24.5 Å². The van der Waals surface area contributed by atoms with Crippen LogP contribution in [0, 0.1) is 11.8 Å². The minimum atomic E-state index is -0.770. The number of ether oxygens (including phenoxy) is 2. The van der Waals surface area contributed by atoms with E-state index in [0.29, 0.717) is 37.8 Å². The third-order valence-corrected chi connectivity index (χ3v) is 5.72. The lowest BCUT2D eigenvalue weighted by atomic mass is 9.84. The molecular weight excluding hydrogens is 346 g/mol. The van der Waals surface area contributed by atoms with Crippen LogP contribution in [-0.2, 0) is 14.3 Å². The highest BCUT2D eigenvalue weighted by molar-refractivity contribution is 5.77. The number of aliphatic carboxylic acids is 1. The third kappa shape index (κ3) is 4.80. The van der Waals surface area contributed by atoms with Crippen molar-refractivity contribution < 1.29 is 24.2 Å². The Balaban J connectivity index is 1.45. The first-order valence-electron chi connectivity index (χ1n) is 9.80. The van der Waals surface area contributed by atoms with E-state index in [1.165, 1.54) is 5.56 Å². The summed E-state index contributed by atoms with van der Waals surface area (Å²) in [6, 6.07) is 7.85. The molecule has 2 atom stereocenters. The molecule has 2 heterocycles. The monoisotopic (exact) mass is 375 g/mol. The fraction of sp³-hybridized carbons (Fsp3) is 0.619. The van der Waals surface area contributed by atoms with Crippen LogP contribution in [0.25, 0.3) is 0 Å². The zero-order chi connectivity index (χ0) is 19.4. The number of carboxylic acid groups (broad SMARTS) is 1. The summed E-state index contributed by atoms with van der Waals surface area (Å²) in [5.41, 5.74) is 1.24. The lowest BCUT2D eigenvalue weighted by Crippen LogP contribution is -2.44. The summed E-state index contributed by atoms with van der Waals surface area (Å²) in [5.74, 6) is 0.172. The highest BCUT2D eigenvalue weighted by Crippen LogP contribution is 2.33. The molecule has 0 aromatic heterocycles. The van der Waals surface area contributed by atoms with Crippen LogP contribution in [0.4, 0.5) is 0 Å². The largest absolute Gasteiger partial charge is 0.484 e. The second-order valence-corrected chi connectivity index (χ2v) is 7.80. The molecule has 0 aliphatic carbocycles. The molecule has 2 aliphatic heterocycles. The van der Waals surface area contributed by atoms with Gasteiger partial charge in [0.05, 0.1) is 12.0 Å². The predicted octanol–water partition coefficient (Wildman–Crippen LogP) is 2.92. The third-order valence-electron chi connectivity index (χ3n) is 5.72. The van der Waals surface area contributed by atoms with E-state index in [1.54, 1.807) is 0 Å². The van der Waals surface area contributed by atoms with Gasteiger partial charge in [-0.15, -0.1) is 0 Å². The Morgan fingerprint density at radius 2 is 1.85 bits per heavy atom. The first kappa shape index (κ1) is 19.7. The summed E-state index contributed by atoms with van der Waals surface area (Å²) in [6.07, 6.45) is 1.94.